The summed E-state index contributed by atoms with van der Waals surface area (Å²) in [5.41, 5.74) is 5.80. The van der Waals surface area contributed by atoms with Crippen LogP contribution in [0.1, 0.15) is 49.0 Å². The number of hydrogen-bond acceptors (Lipinski definition) is 3. The average molecular weight is 446 g/mol. The number of carbonyl (C=O) groups excluding carboxylic acids is 2. The van der Waals surface area contributed by atoms with Crippen LogP contribution in [-0.4, -0.2) is 40.5 Å². The summed E-state index contributed by atoms with van der Waals surface area (Å²) in [7, 11) is 0. The number of likely N-dealkylation sites (tertiary alicyclic amines) is 1. The van der Waals surface area contributed by atoms with E-state index in [1.54, 1.807) is 6.20 Å². The molecule has 0 spiro atoms. The van der Waals surface area contributed by atoms with E-state index >= 15 is 0 Å². The van der Waals surface area contributed by atoms with Gasteiger partial charge in [-0.05, 0) is 24.5 Å². The van der Waals surface area contributed by atoms with Gasteiger partial charge in [-0.25, -0.2) is 4.59 Å². The van der Waals surface area contributed by atoms with Gasteiger partial charge < -0.3 is 5.32 Å². The number of amides is 2. The van der Waals surface area contributed by atoms with E-state index < -0.39 is 6.04 Å². The van der Waals surface area contributed by atoms with Gasteiger partial charge in [-0.15, -0.1) is 0 Å². The summed E-state index contributed by atoms with van der Waals surface area (Å²) in [6.07, 6.45) is 4.31. The van der Waals surface area contributed by atoms with Crippen LogP contribution in [0, 0.1) is 5.92 Å². The Morgan fingerprint density at radius 2 is 1.70 bits per heavy atom. The maximum absolute atomic E-state index is 13.5. The highest BCUT2D eigenvalue weighted by Gasteiger charge is 2.37. The Hall–Kier alpha value is -3.25. The van der Waals surface area contributed by atoms with Gasteiger partial charge in [-0.3, -0.25) is 14.6 Å². The molecule has 0 radical (unpaired) electrons. The van der Waals surface area contributed by atoms with Crippen molar-refractivity contribution in [3.63, 3.8) is 0 Å². The van der Waals surface area contributed by atoms with E-state index in [4.69, 9.17) is 0 Å². The molecule has 1 aliphatic heterocycles. The lowest BCUT2D eigenvalue weighted by atomic mass is 10.0. The van der Waals surface area contributed by atoms with E-state index in [9.17, 15) is 9.59 Å². The molecule has 1 aliphatic rings. The first kappa shape index (κ1) is 22.9. The first-order valence-electron chi connectivity index (χ1n) is 11.8. The molecule has 1 atom stereocenters. The van der Waals surface area contributed by atoms with Crippen molar-refractivity contribution >= 4 is 22.7 Å². The monoisotopic (exact) mass is 445 g/mol. The number of rotatable bonds is 8. The van der Waals surface area contributed by atoms with Crippen LogP contribution in [-0.2, 0) is 11.3 Å². The molecule has 0 aliphatic carbocycles. The summed E-state index contributed by atoms with van der Waals surface area (Å²) in [6.45, 7) is 6.68. The first-order chi connectivity index (χ1) is 15.9. The topological polar surface area (TPSA) is 71.1 Å². The summed E-state index contributed by atoms with van der Waals surface area (Å²) in [5, 5.41) is 3.89. The molecule has 6 nitrogen and oxygen atoms in total. The minimum Gasteiger partial charge on any atom is -0.340 e. The van der Waals surface area contributed by atoms with E-state index in [-0.39, 0.29) is 17.7 Å². The van der Waals surface area contributed by atoms with Gasteiger partial charge in [0.05, 0.1) is 11.1 Å². The number of benzene rings is 2. The number of para-hydroxylation sites is 1. The molecule has 2 N–H and O–H groups in total. The largest absolute Gasteiger partial charge is 0.340 e. The number of nitrogens with zero attached hydrogens (tertiary/aromatic N) is 2. The Morgan fingerprint density at radius 3 is 2.42 bits per heavy atom. The number of aromatic nitrogens is 1. The number of pyridine rings is 1. The SMILES string of the molecule is CC(C)C[C@H](NC(=O)c1cnc2ccccc2c1)C(=O)N[N+]1(Cc2ccccc2)CCCC1. The predicted octanol–water partition coefficient (Wildman–Crippen LogP) is 4.22. The van der Waals surface area contributed by atoms with E-state index in [1.807, 2.05) is 48.5 Å². The van der Waals surface area contributed by atoms with Crippen molar-refractivity contribution in [2.75, 3.05) is 13.1 Å². The van der Waals surface area contributed by atoms with Crippen LogP contribution in [0.15, 0.2) is 66.9 Å². The molecule has 33 heavy (non-hydrogen) atoms. The summed E-state index contributed by atoms with van der Waals surface area (Å²) >= 11 is 0. The van der Waals surface area contributed by atoms with Crippen molar-refractivity contribution < 1.29 is 14.2 Å². The van der Waals surface area contributed by atoms with Crippen molar-refractivity contribution in [2.24, 2.45) is 5.92 Å². The molecule has 1 aromatic heterocycles. The molecule has 1 fully saturated rings. The Morgan fingerprint density at radius 1 is 1.00 bits per heavy atom. The number of hydrogen-bond donors (Lipinski definition) is 2. The van der Waals surface area contributed by atoms with Gasteiger partial charge in [0.2, 0.25) is 0 Å². The quantitative estimate of drug-likeness (QED) is 0.510. The normalized spacial score (nSPS) is 16.0. The third kappa shape index (κ3) is 5.76. The fourth-order valence-electron chi connectivity index (χ4n) is 4.63. The van der Waals surface area contributed by atoms with Crippen molar-refractivity contribution in [2.45, 2.75) is 45.7 Å². The zero-order valence-electron chi connectivity index (χ0n) is 19.5. The van der Waals surface area contributed by atoms with Gasteiger partial charge in [0.1, 0.15) is 25.7 Å². The van der Waals surface area contributed by atoms with Gasteiger partial charge in [0.15, 0.2) is 0 Å². The lowest BCUT2D eigenvalue weighted by Gasteiger charge is -2.35. The summed E-state index contributed by atoms with van der Waals surface area (Å²) in [6, 6.07) is 19.2. The summed E-state index contributed by atoms with van der Waals surface area (Å²) < 4.78 is 0.533. The number of quaternary nitrogens is 1. The number of nitrogens with one attached hydrogen (secondary N) is 2. The smallest absolute Gasteiger partial charge is 0.287 e. The van der Waals surface area contributed by atoms with Gasteiger partial charge in [0, 0.05) is 30.0 Å². The number of fused-ring (bicyclic) bond motifs is 1. The maximum Gasteiger partial charge on any atom is 0.287 e. The average Bonchev–Trinajstić information content (AvgIpc) is 3.26. The van der Waals surface area contributed by atoms with E-state index in [2.05, 4.69) is 41.7 Å². The standard InChI is InChI=1S/C27H32N4O2/c1-20(2)16-25(29-26(32)23-17-22-12-6-7-13-24(22)28-18-23)27(33)30-31(14-8-9-15-31)19-21-10-4-3-5-11-21/h3-7,10-13,17-18,20,25H,8-9,14-16,19H2,1-2H3,(H-,29,30,32,33)/p+1/t25-/m0/s1. The summed E-state index contributed by atoms with van der Waals surface area (Å²) in [5.74, 6) is -0.134. The highest BCUT2D eigenvalue weighted by atomic mass is 16.2. The minimum absolute atomic E-state index is 0.122. The lowest BCUT2D eigenvalue weighted by molar-refractivity contribution is -0.963. The van der Waals surface area contributed by atoms with Crippen LogP contribution in [0.2, 0.25) is 0 Å². The first-order valence-corrected chi connectivity index (χ1v) is 11.8. The molecule has 0 unspecified atom stereocenters. The highest BCUT2D eigenvalue weighted by Crippen LogP contribution is 2.21. The van der Waals surface area contributed by atoms with Gasteiger partial charge in [-0.2, -0.15) is 5.43 Å². The molecule has 4 rings (SSSR count). The second kappa shape index (κ2) is 10.1. The third-order valence-electron chi connectivity index (χ3n) is 6.28. The van der Waals surface area contributed by atoms with Crippen LogP contribution in [0.3, 0.4) is 0 Å². The Kier molecular flexibility index (Phi) is 7.04. The number of carbonyl (C=O) groups is 2. The van der Waals surface area contributed by atoms with Gasteiger partial charge >= 0.3 is 0 Å². The molecule has 1 saturated heterocycles. The van der Waals surface area contributed by atoms with Gasteiger partial charge in [0.25, 0.3) is 11.8 Å². The van der Waals surface area contributed by atoms with Crippen LogP contribution in [0.5, 0.6) is 0 Å². The van der Waals surface area contributed by atoms with Crippen LogP contribution in [0.4, 0.5) is 0 Å². The van der Waals surface area contributed by atoms with Crippen LogP contribution >= 0.6 is 0 Å². The Bertz CT molecular complexity index is 1110. The van der Waals surface area contributed by atoms with Crippen LogP contribution < -0.4 is 10.7 Å². The zero-order valence-corrected chi connectivity index (χ0v) is 19.5. The maximum atomic E-state index is 13.5. The Balaban J connectivity index is 1.50. The lowest BCUT2D eigenvalue weighted by Crippen LogP contribution is -2.62. The molecule has 2 aromatic carbocycles. The van der Waals surface area contributed by atoms with E-state index in [0.29, 0.717) is 16.6 Å². The van der Waals surface area contributed by atoms with Crippen LogP contribution in [0.25, 0.3) is 10.9 Å². The van der Waals surface area contributed by atoms with E-state index in [0.717, 1.165) is 43.4 Å². The molecule has 0 bridgehead atoms. The fourth-order valence-corrected chi connectivity index (χ4v) is 4.63. The molecular weight excluding hydrogens is 412 g/mol. The molecule has 0 saturated carbocycles. The van der Waals surface area contributed by atoms with Crippen molar-refractivity contribution in [3.05, 3.63) is 78.0 Å². The second-order valence-corrected chi connectivity index (χ2v) is 9.49. The molecule has 6 heteroatoms. The van der Waals surface area contributed by atoms with Gasteiger partial charge in [-0.1, -0.05) is 62.4 Å². The minimum atomic E-state index is -0.602. The Labute approximate surface area is 195 Å². The molecule has 2 amide bonds. The third-order valence-corrected chi connectivity index (χ3v) is 6.28. The second-order valence-electron chi connectivity index (χ2n) is 9.49. The molecule has 172 valence electrons. The molecule has 3 aromatic rings. The highest BCUT2D eigenvalue weighted by molar-refractivity contribution is 5.99. The van der Waals surface area contributed by atoms with Crippen molar-refractivity contribution in [1.29, 1.82) is 0 Å². The summed E-state index contributed by atoms with van der Waals surface area (Å²) in [4.78, 5) is 30.9. The molecule has 2 heterocycles. The van der Waals surface area contributed by atoms with E-state index in [1.165, 1.54) is 5.56 Å². The van der Waals surface area contributed by atoms with Crippen molar-refractivity contribution in [3.8, 4) is 0 Å². The zero-order chi connectivity index (χ0) is 23.3. The molecular formula is C27H33N4O2+. The fraction of sp³-hybridized carbons (Fsp3) is 0.370. The predicted molar refractivity (Wildman–Crippen MR) is 130 cm³/mol. The van der Waals surface area contributed by atoms with Crippen molar-refractivity contribution in [1.82, 2.24) is 15.7 Å².